The molecule has 0 atom stereocenters. The summed E-state index contributed by atoms with van der Waals surface area (Å²) < 4.78 is 6.50. The molecule has 1 heterocycles. The highest BCUT2D eigenvalue weighted by Gasteiger charge is 2.20. The van der Waals surface area contributed by atoms with Gasteiger partial charge in [-0.1, -0.05) is 17.7 Å². The van der Waals surface area contributed by atoms with E-state index in [-0.39, 0.29) is 16.5 Å². The Kier molecular flexibility index (Phi) is 3.33. The second kappa shape index (κ2) is 4.98. The molecule has 0 unspecified atom stereocenters. The summed E-state index contributed by atoms with van der Waals surface area (Å²) in [6.45, 7) is 0. The topological polar surface area (TPSA) is 55.0 Å². The molecule has 2 aromatic rings. The van der Waals surface area contributed by atoms with Crippen LogP contribution in [0.1, 0.15) is 17.5 Å². The number of fused-ring (bicyclic) bond motifs is 1. The monoisotopic (exact) mass is 340 g/mol. The Balaban J connectivity index is 2.04. The van der Waals surface area contributed by atoms with Crippen LogP contribution in [0.25, 0.3) is 0 Å². The molecule has 0 bridgehead atoms. The molecule has 1 N–H and O–H groups in total. The summed E-state index contributed by atoms with van der Waals surface area (Å²) in [5.74, 6) is 0.681. The molecule has 1 aromatic carbocycles. The first-order valence-electron chi connectivity index (χ1n) is 5.88. The largest absolute Gasteiger partial charge is 0.433 e. The Hall–Kier alpha value is -1.33. The molecule has 0 saturated carbocycles. The van der Waals surface area contributed by atoms with Crippen molar-refractivity contribution >= 4 is 27.5 Å². The number of halogens is 2. The second-order valence-corrected chi connectivity index (χ2v) is 5.62. The number of aromatic amines is 1. The van der Waals surface area contributed by atoms with Gasteiger partial charge in [0.1, 0.15) is 10.9 Å². The van der Waals surface area contributed by atoms with Gasteiger partial charge in [0.2, 0.25) is 5.43 Å². The van der Waals surface area contributed by atoms with E-state index in [1.807, 2.05) is 6.07 Å². The number of ether oxygens (including phenoxy) is 1. The third-order valence-electron chi connectivity index (χ3n) is 3.11. The van der Waals surface area contributed by atoms with Crippen molar-refractivity contribution in [3.8, 4) is 11.6 Å². The van der Waals surface area contributed by atoms with Crippen molar-refractivity contribution in [3.63, 3.8) is 0 Å². The van der Waals surface area contributed by atoms with Gasteiger partial charge in [-0.05, 0) is 52.4 Å². The molecule has 6 heteroatoms. The molecule has 1 aliphatic carbocycles. The van der Waals surface area contributed by atoms with Crippen molar-refractivity contribution in [2.45, 2.75) is 19.3 Å². The van der Waals surface area contributed by atoms with Crippen LogP contribution in [0, 0.1) is 0 Å². The van der Waals surface area contributed by atoms with Gasteiger partial charge < -0.3 is 4.74 Å². The highest BCUT2D eigenvalue weighted by atomic mass is 79.9. The minimum atomic E-state index is -0.341. The molecule has 0 fully saturated rings. The van der Waals surface area contributed by atoms with E-state index in [0.29, 0.717) is 5.75 Å². The van der Waals surface area contributed by atoms with Crippen molar-refractivity contribution < 1.29 is 4.74 Å². The summed E-state index contributed by atoms with van der Waals surface area (Å²) in [6.07, 6.45) is 3.10. The molecule has 3 rings (SSSR count). The predicted octanol–water partition coefficient (Wildman–Crippen LogP) is 3.47. The van der Waals surface area contributed by atoms with Crippen molar-refractivity contribution in [1.29, 1.82) is 0 Å². The van der Waals surface area contributed by atoms with E-state index in [2.05, 4.69) is 32.2 Å². The average Bonchev–Trinajstić information content (AvgIpc) is 2.84. The second-order valence-electron chi connectivity index (χ2n) is 4.36. The molecule has 1 aliphatic rings. The number of hydrogen-bond donors (Lipinski definition) is 1. The Labute approximate surface area is 122 Å². The average molecular weight is 342 g/mol. The van der Waals surface area contributed by atoms with Crippen LogP contribution in [0.5, 0.6) is 11.6 Å². The van der Waals surface area contributed by atoms with Gasteiger partial charge in [0, 0.05) is 6.07 Å². The first-order chi connectivity index (χ1) is 9.15. The van der Waals surface area contributed by atoms with Crippen LogP contribution in [0.4, 0.5) is 0 Å². The highest BCUT2D eigenvalue weighted by molar-refractivity contribution is 9.10. The van der Waals surface area contributed by atoms with E-state index in [9.17, 15) is 4.79 Å². The van der Waals surface area contributed by atoms with E-state index in [1.165, 1.54) is 11.6 Å². The quantitative estimate of drug-likeness (QED) is 0.910. The highest BCUT2D eigenvalue weighted by Crippen LogP contribution is 2.38. The summed E-state index contributed by atoms with van der Waals surface area (Å²) in [5.41, 5.74) is 2.07. The van der Waals surface area contributed by atoms with Gasteiger partial charge in [0.05, 0.1) is 4.47 Å². The Morgan fingerprint density at radius 1 is 1.37 bits per heavy atom. The van der Waals surface area contributed by atoms with Crippen LogP contribution in [0.2, 0.25) is 5.15 Å². The zero-order valence-electron chi connectivity index (χ0n) is 9.87. The van der Waals surface area contributed by atoms with Crippen LogP contribution in [0.3, 0.4) is 0 Å². The van der Waals surface area contributed by atoms with E-state index in [4.69, 9.17) is 16.3 Å². The smallest absolute Gasteiger partial charge is 0.285 e. The van der Waals surface area contributed by atoms with Crippen LogP contribution < -0.4 is 10.2 Å². The fraction of sp³-hybridized carbons (Fsp3) is 0.231. The van der Waals surface area contributed by atoms with Gasteiger partial charge in [-0.3, -0.25) is 9.89 Å². The van der Waals surface area contributed by atoms with Crippen molar-refractivity contribution in [2.24, 2.45) is 0 Å². The minimum Gasteiger partial charge on any atom is -0.433 e. The zero-order valence-corrected chi connectivity index (χ0v) is 12.2. The third kappa shape index (κ3) is 2.40. The first kappa shape index (κ1) is 12.7. The third-order valence-corrected chi connectivity index (χ3v) is 3.93. The normalized spacial score (nSPS) is 13.4. The molecule has 0 spiro atoms. The SMILES string of the molecule is O=c1cc(Cl)[nH]nc1Oc1c(Br)ccc2c1CCC2. The maximum atomic E-state index is 11.7. The lowest BCUT2D eigenvalue weighted by Crippen LogP contribution is -2.08. The summed E-state index contributed by atoms with van der Waals surface area (Å²) in [7, 11) is 0. The summed E-state index contributed by atoms with van der Waals surface area (Å²) in [5, 5.41) is 6.54. The Morgan fingerprint density at radius 3 is 3.00 bits per heavy atom. The number of H-pyrrole nitrogens is 1. The molecule has 0 amide bonds. The van der Waals surface area contributed by atoms with E-state index >= 15 is 0 Å². The molecule has 0 radical (unpaired) electrons. The molecule has 1 aromatic heterocycles. The van der Waals surface area contributed by atoms with E-state index in [0.717, 1.165) is 29.3 Å². The molecule has 98 valence electrons. The molecule has 4 nitrogen and oxygen atoms in total. The van der Waals surface area contributed by atoms with Gasteiger partial charge in [0.25, 0.3) is 5.88 Å². The van der Waals surface area contributed by atoms with E-state index in [1.54, 1.807) is 0 Å². The lowest BCUT2D eigenvalue weighted by atomic mass is 10.1. The number of nitrogens with zero attached hydrogens (tertiary/aromatic N) is 1. The summed E-state index contributed by atoms with van der Waals surface area (Å²) in [4.78, 5) is 11.7. The molecular weight excluding hydrogens is 332 g/mol. The standard InChI is InChI=1S/C13H10BrClN2O2/c14-9-5-4-7-2-1-3-8(7)12(9)19-13-10(18)6-11(15)16-17-13/h4-6H,1-3H2,(H,16,18). The molecular formula is C13H10BrClN2O2. The Morgan fingerprint density at radius 2 is 2.21 bits per heavy atom. The molecule has 0 aliphatic heterocycles. The predicted molar refractivity (Wildman–Crippen MR) is 76.1 cm³/mol. The minimum absolute atomic E-state index is 0.00500. The van der Waals surface area contributed by atoms with Crippen LogP contribution in [-0.2, 0) is 12.8 Å². The van der Waals surface area contributed by atoms with Crippen LogP contribution in [0.15, 0.2) is 27.5 Å². The first-order valence-corrected chi connectivity index (χ1v) is 7.05. The maximum absolute atomic E-state index is 11.7. The van der Waals surface area contributed by atoms with Gasteiger partial charge in [0.15, 0.2) is 0 Å². The molecule has 0 saturated heterocycles. The van der Waals surface area contributed by atoms with Crippen molar-refractivity contribution in [3.05, 3.63) is 49.2 Å². The Bertz CT molecular complexity index is 700. The number of nitrogens with one attached hydrogen (secondary N) is 1. The lowest BCUT2D eigenvalue weighted by Gasteiger charge is -2.11. The van der Waals surface area contributed by atoms with Crippen LogP contribution >= 0.6 is 27.5 Å². The zero-order chi connectivity index (χ0) is 13.4. The number of aromatic nitrogens is 2. The summed E-state index contributed by atoms with van der Waals surface area (Å²) >= 11 is 9.12. The van der Waals surface area contributed by atoms with Gasteiger partial charge >= 0.3 is 0 Å². The number of benzene rings is 1. The number of rotatable bonds is 2. The summed E-state index contributed by atoms with van der Waals surface area (Å²) in [6, 6.07) is 5.27. The van der Waals surface area contributed by atoms with Crippen LogP contribution in [-0.4, -0.2) is 10.2 Å². The van der Waals surface area contributed by atoms with Crippen molar-refractivity contribution in [2.75, 3.05) is 0 Å². The van der Waals surface area contributed by atoms with Gasteiger partial charge in [-0.25, -0.2) is 0 Å². The fourth-order valence-corrected chi connectivity index (χ4v) is 2.85. The lowest BCUT2D eigenvalue weighted by molar-refractivity contribution is 0.443. The van der Waals surface area contributed by atoms with E-state index < -0.39 is 0 Å². The van der Waals surface area contributed by atoms with Crippen molar-refractivity contribution in [1.82, 2.24) is 10.2 Å². The van der Waals surface area contributed by atoms with Gasteiger partial charge in [-0.2, -0.15) is 0 Å². The molecule has 19 heavy (non-hydrogen) atoms. The number of hydrogen-bond acceptors (Lipinski definition) is 3. The number of aryl methyl sites for hydroxylation is 1. The maximum Gasteiger partial charge on any atom is 0.285 e. The van der Waals surface area contributed by atoms with Gasteiger partial charge in [-0.15, -0.1) is 5.10 Å². The fourth-order valence-electron chi connectivity index (χ4n) is 2.25.